The SMILES string of the molecule is Cn1c2ccccc2c2c3c(=O)[nH]c(=O)c3c3c(=O)[nH]c(=O)c3c21. The molecule has 24 heavy (non-hydrogen) atoms. The van der Waals surface area contributed by atoms with Crippen LogP contribution in [0.1, 0.15) is 0 Å². The molecule has 5 aromatic rings. The van der Waals surface area contributed by atoms with E-state index in [2.05, 4.69) is 9.97 Å². The summed E-state index contributed by atoms with van der Waals surface area (Å²) in [5, 5.41) is 1.56. The highest BCUT2D eigenvalue weighted by Crippen LogP contribution is 2.35. The number of benzene rings is 2. The lowest BCUT2D eigenvalue weighted by atomic mass is 10.0. The Balaban J connectivity index is 2.44. The van der Waals surface area contributed by atoms with Gasteiger partial charge < -0.3 is 4.57 Å². The highest BCUT2D eigenvalue weighted by molar-refractivity contribution is 6.31. The minimum atomic E-state index is -0.650. The smallest absolute Gasteiger partial charge is 0.261 e. The van der Waals surface area contributed by atoms with E-state index in [4.69, 9.17) is 0 Å². The van der Waals surface area contributed by atoms with Crippen molar-refractivity contribution in [1.29, 1.82) is 0 Å². The van der Waals surface area contributed by atoms with Crippen LogP contribution in [0.15, 0.2) is 43.4 Å². The van der Waals surface area contributed by atoms with E-state index in [0.29, 0.717) is 10.9 Å². The quantitative estimate of drug-likeness (QED) is 0.436. The lowest BCUT2D eigenvalue weighted by Gasteiger charge is -1.99. The van der Waals surface area contributed by atoms with Crippen LogP contribution in [-0.2, 0) is 7.05 Å². The molecule has 3 heterocycles. The second kappa shape index (κ2) is 3.88. The highest BCUT2D eigenvalue weighted by atomic mass is 16.2. The number of aryl methyl sites for hydroxylation is 1. The summed E-state index contributed by atoms with van der Waals surface area (Å²) in [7, 11) is 1.77. The zero-order valence-corrected chi connectivity index (χ0v) is 12.4. The van der Waals surface area contributed by atoms with Crippen molar-refractivity contribution < 1.29 is 0 Å². The summed E-state index contributed by atoms with van der Waals surface area (Å²) >= 11 is 0. The first kappa shape index (κ1) is 13.0. The van der Waals surface area contributed by atoms with E-state index in [9.17, 15) is 19.2 Å². The molecular formula is C17H9N3O4. The molecule has 5 rings (SSSR count). The number of nitrogens with zero attached hydrogens (tertiary/aromatic N) is 1. The molecule has 0 bridgehead atoms. The summed E-state index contributed by atoms with van der Waals surface area (Å²) in [6.45, 7) is 0. The number of H-pyrrole nitrogens is 2. The van der Waals surface area contributed by atoms with Gasteiger partial charge in [0.25, 0.3) is 22.2 Å². The molecule has 0 radical (unpaired) electrons. The van der Waals surface area contributed by atoms with Crippen LogP contribution in [0.25, 0.3) is 43.4 Å². The number of nitrogens with one attached hydrogen (secondary N) is 2. The van der Waals surface area contributed by atoms with Crippen LogP contribution in [0.4, 0.5) is 0 Å². The molecule has 0 saturated heterocycles. The minimum absolute atomic E-state index is 0.0118. The lowest BCUT2D eigenvalue weighted by molar-refractivity contribution is 1.02. The molecule has 0 aliphatic heterocycles. The molecular weight excluding hydrogens is 310 g/mol. The molecule has 0 aliphatic rings. The molecule has 2 aromatic carbocycles. The van der Waals surface area contributed by atoms with Gasteiger partial charge in [-0.1, -0.05) is 18.2 Å². The number of aromatic nitrogens is 3. The summed E-state index contributed by atoms with van der Waals surface area (Å²) in [5.41, 5.74) is -1.11. The van der Waals surface area contributed by atoms with Gasteiger partial charge in [0.15, 0.2) is 0 Å². The summed E-state index contributed by atoms with van der Waals surface area (Å²) in [6.07, 6.45) is 0. The van der Waals surface area contributed by atoms with Crippen molar-refractivity contribution in [2.45, 2.75) is 0 Å². The second-order valence-electron chi connectivity index (χ2n) is 5.87. The average Bonchev–Trinajstić information content (AvgIpc) is 3.12. The maximum Gasteiger partial charge on any atom is 0.261 e. The maximum atomic E-state index is 12.4. The van der Waals surface area contributed by atoms with Crippen LogP contribution in [0.3, 0.4) is 0 Å². The molecule has 7 heteroatoms. The van der Waals surface area contributed by atoms with Crippen LogP contribution in [0, 0.1) is 0 Å². The van der Waals surface area contributed by atoms with Crippen molar-refractivity contribution in [2.75, 3.05) is 0 Å². The zero-order chi connectivity index (χ0) is 16.7. The Bertz CT molecular complexity index is 1540. The van der Waals surface area contributed by atoms with Crippen molar-refractivity contribution in [3.05, 3.63) is 65.7 Å². The molecule has 0 fully saturated rings. The van der Waals surface area contributed by atoms with Crippen molar-refractivity contribution >= 4 is 43.4 Å². The molecule has 3 aromatic heterocycles. The van der Waals surface area contributed by atoms with Gasteiger partial charge in [0, 0.05) is 23.3 Å². The molecule has 0 saturated carbocycles. The van der Waals surface area contributed by atoms with E-state index >= 15 is 0 Å². The van der Waals surface area contributed by atoms with Gasteiger partial charge in [-0.05, 0) is 6.07 Å². The highest BCUT2D eigenvalue weighted by Gasteiger charge is 2.24. The molecule has 2 N–H and O–H groups in total. The number of hydrogen-bond donors (Lipinski definition) is 2. The van der Waals surface area contributed by atoms with Crippen LogP contribution in [-0.4, -0.2) is 14.5 Å². The van der Waals surface area contributed by atoms with Crippen LogP contribution in [0.5, 0.6) is 0 Å². The van der Waals surface area contributed by atoms with Gasteiger partial charge in [-0.2, -0.15) is 0 Å². The summed E-state index contributed by atoms with van der Waals surface area (Å²) in [6, 6.07) is 7.35. The molecule has 7 nitrogen and oxygen atoms in total. The fraction of sp³-hybridized carbons (Fsp3) is 0.0588. The minimum Gasteiger partial charge on any atom is -0.343 e. The van der Waals surface area contributed by atoms with Gasteiger partial charge in [0.2, 0.25) is 0 Å². The van der Waals surface area contributed by atoms with Gasteiger partial charge in [-0.3, -0.25) is 29.1 Å². The molecule has 0 atom stereocenters. The first-order valence-corrected chi connectivity index (χ1v) is 7.29. The van der Waals surface area contributed by atoms with Gasteiger partial charge >= 0.3 is 0 Å². The average molecular weight is 319 g/mol. The molecule has 0 amide bonds. The van der Waals surface area contributed by atoms with Crippen LogP contribution < -0.4 is 22.2 Å². The van der Waals surface area contributed by atoms with Gasteiger partial charge in [0.05, 0.1) is 27.1 Å². The third kappa shape index (κ3) is 1.25. The standard InChI is InChI=1S/C17H9N3O4/c1-20-7-5-3-2-4-6(7)8-9-10(15(22)18-14(9)21)11-12(13(8)20)17(24)19-16(11)23/h2-5H,1H3,(H,18,21,22)(H,19,23,24). The zero-order valence-electron chi connectivity index (χ0n) is 12.4. The number of aromatic amines is 2. The fourth-order valence-corrected chi connectivity index (χ4v) is 3.79. The Morgan fingerprint density at radius 1 is 0.708 bits per heavy atom. The lowest BCUT2D eigenvalue weighted by Crippen LogP contribution is -2.08. The predicted octanol–water partition coefficient (Wildman–Crippen LogP) is 0.610. The third-order valence-electron chi connectivity index (χ3n) is 4.71. The number of para-hydroxylation sites is 1. The van der Waals surface area contributed by atoms with E-state index in [1.54, 1.807) is 11.6 Å². The van der Waals surface area contributed by atoms with E-state index in [0.717, 1.165) is 10.9 Å². The first-order chi connectivity index (χ1) is 11.5. The van der Waals surface area contributed by atoms with E-state index < -0.39 is 22.2 Å². The third-order valence-corrected chi connectivity index (χ3v) is 4.71. The maximum absolute atomic E-state index is 12.4. The van der Waals surface area contributed by atoms with Crippen molar-refractivity contribution in [1.82, 2.24) is 14.5 Å². The number of fused-ring (bicyclic) bond motifs is 8. The van der Waals surface area contributed by atoms with Crippen LogP contribution in [0.2, 0.25) is 0 Å². The Labute approximate surface area is 131 Å². The van der Waals surface area contributed by atoms with Crippen molar-refractivity contribution in [2.24, 2.45) is 7.05 Å². The van der Waals surface area contributed by atoms with Crippen molar-refractivity contribution in [3.8, 4) is 0 Å². The first-order valence-electron chi connectivity index (χ1n) is 7.29. The fourth-order valence-electron chi connectivity index (χ4n) is 3.79. The monoisotopic (exact) mass is 319 g/mol. The second-order valence-corrected chi connectivity index (χ2v) is 5.87. The Morgan fingerprint density at radius 2 is 1.21 bits per heavy atom. The van der Waals surface area contributed by atoms with Crippen LogP contribution >= 0.6 is 0 Å². The van der Waals surface area contributed by atoms with E-state index in [1.165, 1.54) is 0 Å². The molecule has 0 spiro atoms. The normalized spacial score (nSPS) is 12.2. The molecule has 0 unspecified atom stereocenters. The number of hydrogen-bond acceptors (Lipinski definition) is 4. The summed E-state index contributed by atoms with van der Waals surface area (Å²) in [5.74, 6) is 0. The topological polar surface area (TPSA) is 105 Å². The summed E-state index contributed by atoms with van der Waals surface area (Å²) < 4.78 is 1.78. The largest absolute Gasteiger partial charge is 0.343 e. The van der Waals surface area contributed by atoms with Gasteiger partial charge in [-0.15, -0.1) is 0 Å². The Morgan fingerprint density at radius 3 is 1.88 bits per heavy atom. The Hall–Kier alpha value is -3.48. The van der Waals surface area contributed by atoms with Gasteiger partial charge in [0.1, 0.15) is 0 Å². The van der Waals surface area contributed by atoms with Gasteiger partial charge in [-0.25, -0.2) is 0 Å². The van der Waals surface area contributed by atoms with E-state index in [-0.39, 0.29) is 21.5 Å². The predicted molar refractivity (Wildman–Crippen MR) is 91.6 cm³/mol. The molecule has 0 aliphatic carbocycles. The Kier molecular flexibility index (Phi) is 2.10. The molecule has 116 valence electrons. The summed E-state index contributed by atoms with van der Waals surface area (Å²) in [4.78, 5) is 53.7. The van der Waals surface area contributed by atoms with Crippen molar-refractivity contribution in [3.63, 3.8) is 0 Å². The van der Waals surface area contributed by atoms with E-state index in [1.807, 2.05) is 24.3 Å². The number of rotatable bonds is 0.